The molecule has 3 heteroatoms. The van der Waals surface area contributed by atoms with Gasteiger partial charge in [0.05, 0.1) is 6.61 Å². The van der Waals surface area contributed by atoms with Crippen LogP contribution in [0.25, 0.3) is 4.98 Å². The van der Waals surface area contributed by atoms with Gasteiger partial charge < -0.3 is 4.74 Å². The summed E-state index contributed by atoms with van der Waals surface area (Å²) in [6, 6.07) is 3.79. The van der Waals surface area contributed by atoms with Crippen molar-refractivity contribution in [2.45, 2.75) is 13.3 Å². The number of aryl methyl sites for hydroxylation is 1. The lowest BCUT2D eigenvalue weighted by atomic mass is 10.1. The number of benzene rings is 1. The van der Waals surface area contributed by atoms with Crippen molar-refractivity contribution >= 4 is 5.69 Å². The van der Waals surface area contributed by atoms with Crippen molar-refractivity contribution in [1.29, 1.82) is 5.39 Å². The largest absolute Gasteiger partial charge is 0.493 e. The fraction of sp³-hybridized carbons (Fsp3) is 0.333. The minimum absolute atomic E-state index is 0.638. The molecule has 0 spiro atoms. The summed E-state index contributed by atoms with van der Waals surface area (Å²) in [4.78, 5) is 3.19. The van der Waals surface area contributed by atoms with Crippen molar-refractivity contribution < 1.29 is 4.74 Å². The van der Waals surface area contributed by atoms with Gasteiger partial charge in [-0.05, 0) is 13.0 Å². The lowest BCUT2D eigenvalue weighted by molar-refractivity contribution is 0.356. The van der Waals surface area contributed by atoms with Gasteiger partial charge >= 0.3 is 5.69 Å². The van der Waals surface area contributed by atoms with Crippen molar-refractivity contribution in [2.24, 2.45) is 0 Å². The summed E-state index contributed by atoms with van der Waals surface area (Å²) in [5, 5.41) is 8.63. The maximum Gasteiger partial charge on any atom is 0.388 e. The maximum absolute atomic E-state index is 8.63. The number of diazo groups is 1. The summed E-state index contributed by atoms with van der Waals surface area (Å²) < 4.78 is 5.36. The molecular weight excluding hydrogens is 152 g/mol. The van der Waals surface area contributed by atoms with Gasteiger partial charge in [0.25, 0.3) is 0 Å². The van der Waals surface area contributed by atoms with Crippen molar-refractivity contribution in [2.75, 3.05) is 6.61 Å². The zero-order chi connectivity index (χ0) is 8.55. The van der Waals surface area contributed by atoms with Gasteiger partial charge in [-0.1, -0.05) is 0 Å². The Labute approximate surface area is 70.6 Å². The SMILES string of the molecule is Cc1cc2c(cc1[N+]#N)CCO2. The Bertz CT molecular complexity index is 365. The molecule has 2 rings (SSSR count). The highest BCUT2D eigenvalue weighted by atomic mass is 16.5. The fourth-order valence-electron chi connectivity index (χ4n) is 1.42. The first-order valence-corrected chi connectivity index (χ1v) is 3.92. The first-order chi connectivity index (χ1) is 5.81. The standard InChI is InChI=1S/C9H9N2O/c1-6-4-9-7(2-3-12-9)5-8(6)11-10/h4-5H,2-3H2,1H3/q+1. The molecule has 0 amide bonds. The number of hydrogen-bond donors (Lipinski definition) is 0. The summed E-state index contributed by atoms with van der Waals surface area (Å²) in [7, 11) is 0. The normalized spacial score (nSPS) is 13.3. The Morgan fingerprint density at radius 1 is 1.50 bits per heavy atom. The Hall–Kier alpha value is -1.56. The van der Waals surface area contributed by atoms with Crippen LogP contribution in [0.5, 0.6) is 5.75 Å². The van der Waals surface area contributed by atoms with Gasteiger partial charge in [0.15, 0.2) is 4.98 Å². The van der Waals surface area contributed by atoms with Crippen LogP contribution < -0.4 is 4.74 Å². The van der Waals surface area contributed by atoms with E-state index in [1.807, 2.05) is 19.1 Å². The van der Waals surface area contributed by atoms with Gasteiger partial charge in [-0.15, -0.1) is 0 Å². The second kappa shape index (κ2) is 2.49. The van der Waals surface area contributed by atoms with Crippen LogP contribution in [0, 0.1) is 12.3 Å². The molecule has 1 heterocycles. The zero-order valence-corrected chi connectivity index (χ0v) is 6.87. The fourth-order valence-corrected chi connectivity index (χ4v) is 1.42. The van der Waals surface area contributed by atoms with Crippen LogP contribution in [0.3, 0.4) is 0 Å². The van der Waals surface area contributed by atoms with E-state index in [2.05, 4.69) is 4.98 Å². The molecule has 1 aliphatic heterocycles. The van der Waals surface area contributed by atoms with E-state index in [-0.39, 0.29) is 0 Å². The second-order valence-corrected chi connectivity index (χ2v) is 2.94. The van der Waals surface area contributed by atoms with Crippen molar-refractivity contribution in [3.63, 3.8) is 0 Å². The first kappa shape index (κ1) is 7.11. The van der Waals surface area contributed by atoms with E-state index < -0.39 is 0 Å². The summed E-state index contributed by atoms with van der Waals surface area (Å²) in [6.07, 6.45) is 0.915. The molecule has 0 bridgehead atoms. The summed E-state index contributed by atoms with van der Waals surface area (Å²) in [5.74, 6) is 0.930. The summed E-state index contributed by atoms with van der Waals surface area (Å²) in [5.41, 5.74) is 2.71. The Morgan fingerprint density at radius 2 is 2.33 bits per heavy atom. The van der Waals surface area contributed by atoms with E-state index in [1.165, 1.54) is 0 Å². The number of ether oxygens (including phenoxy) is 1. The molecule has 0 unspecified atom stereocenters. The first-order valence-electron chi connectivity index (χ1n) is 3.92. The molecule has 3 nitrogen and oxygen atoms in total. The molecular formula is C9H9N2O+. The molecule has 0 saturated heterocycles. The van der Waals surface area contributed by atoms with E-state index in [0.717, 1.165) is 29.9 Å². The third kappa shape index (κ3) is 0.928. The topological polar surface area (TPSA) is 37.4 Å². The Morgan fingerprint density at radius 3 is 3.08 bits per heavy atom. The van der Waals surface area contributed by atoms with Gasteiger partial charge in [0.1, 0.15) is 5.75 Å². The Kier molecular flexibility index (Phi) is 1.47. The molecule has 0 aromatic heterocycles. The van der Waals surface area contributed by atoms with Gasteiger partial charge in [-0.3, -0.25) is 0 Å². The quantitative estimate of drug-likeness (QED) is 0.548. The van der Waals surface area contributed by atoms with E-state index in [1.54, 1.807) is 0 Å². The maximum atomic E-state index is 8.63. The highest BCUT2D eigenvalue weighted by Gasteiger charge is 2.19. The predicted molar refractivity (Wildman–Crippen MR) is 45.1 cm³/mol. The van der Waals surface area contributed by atoms with Gasteiger partial charge in [0, 0.05) is 23.6 Å². The highest BCUT2D eigenvalue weighted by Crippen LogP contribution is 2.32. The average Bonchev–Trinajstić information content (AvgIpc) is 2.49. The summed E-state index contributed by atoms with van der Waals surface area (Å²) in [6.45, 7) is 2.64. The molecule has 1 aromatic rings. The Balaban J connectivity index is 2.59. The minimum Gasteiger partial charge on any atom is -0.493 e. The lowest BCUT2D eigenvalue weighted by Crippen LogP contribution is -1.86. The molecule has 0 radical (unpaired) electrons. The van der Waals surface area contributed by atoms with E-state index in [0.29, 0.717) is 5.69 Å². The number of hydrogen-bond acceptors (Lipinski definition) is 2. The minimum atomic E-state index is 0.638. The van der Waals surface area contributed by atoms with Crippen LogP contribution in [-0.2, 0) is 6.42 Å². The van der Waals surface area contributed by atoms with E-state index in [4.69, 9.17) is 10.1 Å². The predicted octanol–water partition coefficient (Wildman–Crippen LogP) is 2.41. The molecule has 0 N–H and O–H groups in total. The van der Waals surface area contributed by atoms with Crippen molar-refractivity contribution in [3.8, 4) is 5.75 Å². The molecule has 1 aliphatic rings. The van der Waals surface area contributed by atoms with Gasteiger partial charge in [0.2, 0.25) is 5.39 Å². The smallest absolute Gasteiger partial charge is 0.388 e. The van der Waals surface area contributed by atoms with E-state index >= 15 is 0 Å². The second-order valence-electron chi connectivity index (χ2n) is 2.94. The van der Waals surface area contributed by atoms with Crippen molar-refractivity contribution in [3.05, 3.63) is 28.2 Å². The van der Waals surface area contributed by atoms with Crippen LogP contribution in [0.2, 0.25) is 0 Å². The molecule has 0 saturated carbocycles. The molecule has 0 atom stereocenters. The third-order valence-electron chi connectivity index (χ3n) is 2.12. The van der Waals surface area contributed by atoms with Crippen LogP contribution in [0.4, 0.5) is 5.69 Å². The molecule has 1 aromatic carbocycles. The molecule has 60 valence electrons. The lowest BCUT2D eigenvalue weighted by Gasteiger charge is -1.96. The number of rotatable bonds is 0. The average molecular weight is 161 g/mol. The molecule has 0 aliphatic carbocycles. The monoisotopic (exact) mass is 161 g/mol. The van der Waals surface area contributed by atoms with Gasteiger partial charge in [-0.2, -0.15) is 0 Å². The van der Waals surface area contributed by atoms with Gasteiger partial charge in [-0.25, -0.2) is 0 Å². The number of fused-ring (bicyclic) bond motifs is 1. The highest BCUT2D eigenvalue weighted by molar-refractivity contribution is 5.58. The third-order valence-corrected chi connectivity index (χ3v) is 2.12. The summed E-state index contributed by atoms with van der Waals surface area (Å²) >= 11 is 0. The zero-order valence-electron chi connectivity index (χ0n) is 6.87. The van der Waals surface area contributed by atoms with Crippen LogP contribution >= 0.6 is 0 Å². The number of nitrogens with zero attached hydrogens (tertiary/aromatic N) is 2. The van der Waals surface area contributed by atoms with Crippen LogP contribution in [-0.4, -0.2) is 6.61 Å². The van der Waals surface area contributed by atoms with E-state index in [9.17, 15) is 0 Å². The molecule has 12 heavy (non-hydrogen) atoms. The van der Waals surface area contributed by atoms with Crippen LogP contribution in [0.1, 0.15) is 11.1 Å². The molecule has 0 fully saturated rings. The van der Waals surface area contributed by atoms with Crippen LogP contribution in [0.15, 0.2) is 12.1 Å². The van der Waals surface area contributed by atoms with Crippen molar-refractivity contribution in [1.82, 2.24) is 0 Å².